The molecule has 0 radical (unpaired) electrons. The highest BCUT2D eigenvalue weighted by Crippen LogP contribution is 2.69. The van der Waals surface area contributed by atoms with Gasteiger partial charge < -0.3 is 9.80 Å². The summed E-state index contributed by atoms with van der Waals surface area (Å²) < 4.78 is 28.8. The number of halogens is 2. The third-order valence-corrected chi connectivity index (χ3v) is 8.25. The van der Waals surface area contributed by atoms with Crippen molar-refractivity contribution in [1.29, 1.82) is 0 Å². The summed E-state index contributed by atoms with van der Waals surface area (Å²) in [6, 6.07) is 5.67. The number of amides is 1. The van der Waals surface area contributed by atoms with Crippen LogP contribution in [0.2, 0.25) is 0 Å². The SMILES string of the molecule is CC(=O)N1CCN(C)C[C@@H]1[C@@]12CC[C@@H](c3cc(-c4c(F)cccc4F)nnc31)C2(C)C. The van der Waals surface area contributed by atoms with Crippen LogP contribution in [0.3, 0.4) is 0 Å². The van der Waals surface area contributed by atoms with E-state index in [4.69, 9.17) is 0 Å². The van der Waals surface area contributed by atoms with E-state index < -0.39 is 11.6 Å². The number of carbonyl (C=O) groups excluding carboxylic acids is 1. The van der Waals surface area contributed by atoms with Crippen molar-refractivity contribution in [2.45, 2.75) is 51.0 Å². The second-order valence-corrected chi connectivity index (χ2v) is 9.90. The molecule has 1 saturated carbocycles. The fourth-order valence-corrected chi connectivity index (χ4v) is 6.69. The van der Waals surface area contributed by atoms with E-state index in [1.54, 1.807) is 6.92 Å². The molecule has 2 heterocycles. The van der Waals surface area contributed by atoms with Crippen LogP contribution in [-0.2, 0) is 10.2 Å². The minimum absolute atomic E-state index is 0.00431. The zero-order chi connectivity index (χ0) is 22.1. The Morgan fingerprint density at radius 3 is 2.55 bits per heavy atom. The van der Waals surface area contributed by atoms with Gasteiger partial charge in [0.25, 0.3) is 0 Å². The van der Waals surface area contributed by atoms with E-state index in [2.05, 4.69) is 36.0 Å². The minimum atomic E-state index is -0.636. The Bertz CT molecular complexity index is 1050. The van der Waals surface area contributed by atoms with Gasteiger partial charge in [-0.15, -0.1) is 0 Å². The molecule has 1 aromatic heterocycles. The predicted molar refractivity (Wildman–Crippen MR) is 113 cm³/mol. The van der Waals surface area contributed by atoms with Crippen LogP contribution in [0.15, 0.2) is 24.3 Å². The van der Waals surface area contributed by atoms with Gasteiger partial charge in [-0.05, 0) is 55.0 Å². The van der Waals surface area contributed by atoms with Crippen molar-refractivity contribution in [3.8, 4) is 11.3 Å². The van der Waals surface area contributed by atoms with Gasteiger partial charge in [0.05, 0.1) is 23.0 Å². The highest BCUT2D eigenvalue weighted by Gasteiger charge is 2.67. The fourth-order valence-electron chi connectivity index (χ4n) is 6.69. The number of carbonyl (C=O) groups is 1. The second kappa shape index (κ2) is 6.79. The maximum Gasteiger partial charge on any atom is 0.219 e. The maximum absolute atomic E-state index is 14.4. The van der Waals surface area contributed by atoms with Gasteiger partial charge in [0.15, 0.2) is 0 Å². The molecule has 3 aliphatic rings. The normalized spacial score (nSPS) is 29.3. The van der Waals surface area contributed by atoms with Crippen LogP contribution in [0.5, 0.6) is 0 Å². The van der Waals surface area contributed by atoms with E-state index in [-0.39, 0.29) is 40.0 Å². The van der Waals surface area contributed by atoms with Gasteiger partial charge in [-0.3, -0.25) is 4.79 Å². The van der Waals surface area contributed by atoms with Crippen molar-refractivity contribution >= 4 is 5.91 Å². The molecule has 2 fully saturated rings. The molecule has 5 nitrogen and oxygen atoms in total. The molecule has 1 aliphatic heterocycles. The Morgan fingerprint density at radius 2 is 1.87 bits per heavy atom. The van der Waals surface area contributed by atoms with Gasteiger partial charge in [-0.2, -0.15) is 10.2 Å². The Morgan fingerprint density at radius 1 is 1.16 bits per heavy atom. The van der Waals surface area contributed by atoms with Gasteiger partial charge in [0, 0.05) is 32.0 Å². The minimum Gasteiger partial charge on any atom is -0.336 e. The van der Waals surface area contributed by atoms with Crippen LogP contribution in [-0.4, -0.2) is 58.6 Å². The quantitative estimate of drug-likeness (QED) is 0.734. The maximum atomic E-state index is 14.4. The molecule has 1 amide bonds. The van der Waals surface area contributed by atoms with E-state index in [1.165, 1.54) is 18.2 Å². The predicted octanol–water partition coefficient (Wildman–Crippen LogP) is 3.74. The number of nitrogens with zero attached hydrogens (tertiary/aromatic N) is 4. The first-order chi connectivity index (χ1) is 14.7. The van der Waals surface area contributed by atoms with Crippen LogP contribution in [0.1, 0.15) is 50.8 Å². The molecule has 0 N–H and O–H groups in total. The smallest absolute Gasteiger partial charge is 0.219 e. The summed E-state index contributed by atoms with van der Waals surface area (Å²) in [4.78, 5) is 16.8. The summed E-state index contributed by atoms with van der Waals surface area (Å²) in [5, 5.41) is 8.93. The van der Waals surface area contributed by atoms with Gasteiger partial charge in [-0.25, -0.2) is 8.78 Å². The summed E-state index contributed by atoms with van der Waals surface area (Å²) in [7, 11) is 2.09. The van der Waals surface area contributed by atoms with Gasteiger partial charge >= 0.3 is 0 Å². The van der Waals surface area contributed by atoms with Crippen LogP contribution >= 0.6 is 0 Å². The van der Waals surface area contributed by atoms with Crippen LogP contribution < -0.4 is 0 Å². The van der Waals surface area contributed by atoms with Gasteiger partial charge in [0.2, 0.25) is 5.91 Å². The first-order valence-corrected chi connectivity index (χ1v) is 11.0. The molecule has 1 saturated heterocycles. The van der Waals surface area contributed by atoms with Crippen LogP contribution in [0, 0.1) is 17.0 Å². The molecule has 31 heavy (non-hydrogen) atoms. The zero-order valence-electron chi connectivity index (χ0n) is 18.5. The molecule has 2 bridgehead atoms. The highest BCUT2D eigenvalue weighted by molar-refractivity contribution is 5.74. The number of benzene rings is 1. The van der Waals surface area contributed by atoms with Gasteiger partial charge in [0.1, 0.15) is 11.6 Å². The number of rotatable bonds is 2. The first-order valence-electron chi connectivity index (χ1n) is 11.0. The third-order valence-electron chi connectivity index (χ3n) is 8.25. The van der Waals surface area contributed by atoms with E-state index in [9.17, 15) is 13.6 Å². The lowest BCUT2D eigenvalue weighted by Gasteiger charge is -2.52. The molecular weight excluding hydrogens is 398 g/mol. The standard InChI is InChI=1S/C24H28F2N4O/c1-14(31)30-11-10-29(4)13-20(30)24-9-8-16(23(24,2)3)15-12-19(27-28-22(15)24)21-17(25)6-5-7-18(21)26/h5-7,12,16,20H,8-11,13H2,1-4H3/t16-,20+,24-/m0/s1. The summed E-state index contributed by atoms with van der Waals surface area (Å²) in [5.41, 5.74) is 1.56. The van der Waals surface area contributed by atoms with Crippen molar-refractivity contribution in [1.82, 2.24) is 20.0 Å². The summed E-state index contributed by atoms with van der Waals surface area (Å²) in [6.45, 7) is 8.46. The average molecular weight is 427 g/mol. The lowest BCUT2D eigenvalue weighted by molar-refractivity contribution is -0.137. The van der Waals surface area contributed by atoms with Gasteiger partial charge in [-0.1, -0.05) is 19.9 Å². The molecule has 1 aromatic carbocycles. The molecule has 0 spiro atoms. The van der Waals surface area contributed by atoms with E-state index in [0.29, 0.717) is 6.54 Å². The topological polar surface area (TPSA) is 49.3 Å². The van der Waals surface area contributed by atoms with Crippen molar-refractivity contribution in [3.05, 3.63) is 47.2 Å². The Labute approximate surface area is 181 Å². The zero-order valence-corrected chi connectivity index (χ0v) is 18.5. The number of fused-ring (bicyclic) bond motifs is 5. The molecule has 0 unspecified atom stereocenters. The number of piperazine rings is 1. The lowest BCUT2D eigenvalue weighted by Crippen LogP contribution is -2.64. The summed E-state index contributed by atoms with van der Waals surface area (Å²) in [6.07, 6.45) is 1.90. The Hall–Kier alpha value is -2.41. The number of hydrogen-bond donors (Lipinski definition) is 0. The van der Waals surface area contributed by atoms with Crippen molar-refractivity contribution in [2.75, 3.05) is 26.7 Å². The molecule has 2 aliphatic carbocycles. The second-order valence-electron chi connectivity index (χ2n) is 9.90. The molecular formula is C24H28F2N4O. The molecule has 164 valence electrons. The van der Waals surface area contributed by atoms with Crippen LogP contribution in [0.25, 0.3) is 11.3 Å². The Balaban J connectivity index is 1.67. The van der Waals surface area contributed by atoms with Crippen LogP contribution in [0.4, 0.5) is 8.78 Å². The largest absolute Gasteiger partial charge is 0.336 e. The van der Waals surface area contributed by atoms with E-state index >= 15 is 0 Å². The molecule has 3 atom stereocenters. The van der Waals surface area contributed by atoms with Crippen molar-refractivity contribution in [2.24, 2.45) is 5.41 Å². The molecule has 7 heteroatoms. The van der Waals surface area contributed by atoms with E-state index in [0.717, 1.165) is 37.2 Å². The fraction of sp³-hybridized carbons (Fsp3) is 0.542. The number of likely N-dealkylation sites (N-methyl/N-ethyl adjacent to an activating group) is 1. The highest BCUT2D eigenvalue weighted by atomic mass is 19.1. The average Bonchev–Trinajstić information content (AvgIpc) is 3.09. The summed E-state index contributed by atoms with van der Waals surface area (Å²) in [5.74, 6) is -0.975. The first kappa shape index (κ1) is 20.5. The van der Waals surface area contributed by atoms with E-state index in [1.807, 2.05) is 11.0 Å². The monoisotopic (exact) mass is 426 g/mol. The third kappa shape index (κ3) is 2.65. The summed E-state index contributed by atoms with van der Waals surface area (Å²) >= 11 is 0. The molecule has 5 rings (SSSR count). The Kier molecular flexibility index (Phi) is 4.49. The number of hydrogen-bond acceptors (Lipinski definition) is 4. The number of aromatic nitrogens is 2. The molecule has 2 aromatic rings. The van der Waals surface area contributed by atoms with Crippen molar-refractivity contribution < 1.29 is 13.6 Å². The lowest BCUT2D eigenvalue weighted by atomic mass is 9.63. The van der Waals surface area contributed by atoms with Crippen molar-refractivity contribution in [3.63, 3.8) is 0 Å².